The van der Waals surface area contributed by atoms with E-state index < -0.39 is 0 Å². The fourth-order valence-electron chi connectivity index (χ4n) is 8.84. The van der Waals surface area contributed by atoms with E-state index in [-0.39, 0.29) is 0 Å². The Morgan fingerprint density at radius 3 is 0.426 bits per heavy atom. The summed E-state index contributed by atoms with van der Waals surface area (Å²) >= 11 is 0. The van der Waals surface area contributed by atoms with Crippen LogP contribution < -0.4 is 0 Å². The summed E-state index contributed by atoms with van der Waals surface area (Å²) in [6, 6.07) is 0. The van der Waals surface area contributed by atoms with Gasteiger partial charge >= 0.3 is 0 Å². The lowest BCUT2D eigenvalue weighted by Crippen LogP contribution is -2.47. The minimum atomic E-state index is 0.370. The average molecular weight is 763 g/mol. The minimum Gasteiger partial charge on any atom is -0.217 e. The van der Waals surface area contributed by atoms with Crippen LogP contribution in [0.2, 0.25) is 0 Å². The SMILES string of the molecule is CCCCCCCCCCCCCCCCCC[N+](O)(CCCCCCCCCCCCCCCC)CCCCCCCCCCCCCCCCCC. The first kappa shape index (κ1) is 53.9. The van der Waals surface area contributed by atoms with Crippen molar-refractivity contribution in [3.63, 3.8) is 0 Å². The predicted octanol–water partition coefficient (Wildman–Crippen LogP) is 19.2. The van der Waals surface area contributed by atoms with Crippen LogP contribution in [-0.2, 0) is 0 Å². The highest BCUT2D eigenvalue weighted by Crippen LogP contribution is 2.19. The summed E-state index contributed by atoms with van der Waals surface area (Å²) in [7, 11) is 0. The van der Waals surface area contributed by atoms with Crippen LogP contribution in [-0.4, -0.2) is 29.5 Å². The second-order valence-electron chi connectivity index (χ2n) is 18.5. The Balaban J connectivity index is 4.07. The molecule has 326 valence electrons. The van der Waals surface area contributed by atoms with Crippen molar-refractivity contribution in [2.75, 3.05) is 19.6 Å². The fraction of sp³-hybridized carbons (Fsp3) is 1.00. The molecule has 2 heteroatoms. The molecule has 0 aromatic heterocycles. The molecule has 0 aliphatic carbocycles. The highest BCUT2D eigenvalue weighted by Gasteiger charge is 2.24. The second-order valence-corrected chi connectivity index (χ2v) is 18.5. The van der Waals surface area contributed by atoms with Crippen molar-refractivity contribution in [1.29, 1.82) is 0 Å². The minimum absolute atomic E-state index is 0.370. The number of unbranched alkanes of at least 4 members (excludes halogenated alkanes) is 43. The van der Waals surface area contributed by atoms with Gasteiger partial charge in [0.2, 0.25) is 0 Å². The molecule has 0 radical (unpaired) electrons. The maximum absolute atomic E-state index is 11.8. The van der Waals surface area contributed by atoms with Crippen molar-refractivity contribution in [3.8, 4) is 0 Å². The zero-order chi connectivity index (χ0) is 39.1. The predicted molar refractivity (Wildman–Crippen MR) is 246 cm³/mol. The summed E-state index contributed by atoms with van der Waals surface area (Å²) in [6.07, 6.45) is 64.9. The normalized spacial score (nSPS) is 12.0. The molecule has 0 aromatic carbocycles. The molecule has 0 aliphatic rings. The summed E-state index contributed by atoms with van der Waals surface area (Å²) in [5.41, 5.74) is 0. The Morgan fingerprint density at radius 2 is 0.296 bits per heavy atom. The highest BCUT2D eigenvalue weighted by atomic mass is 16.5. The first-order valence-electron chi connectivity index (χ1n) is 26.3. The van der Waals surface area contributed by atoms with Crippen LogP contribution in [0.5, 0.6) is 0 Å². The molecular formula is C52H108NO+. The second kappa shape index (κ2) is 47.3. The lowest BCUT2D eigenvalue weighted by molar-refractivity contribution is -1.10. The highest BCUT2D eigenvalue weighted by molar-refractivity contribution is 4.54. The van der Waals surface area contributed by atoms with Crippen molar-refractivity contribution < 1.29 is 9.85 Å². The third-order valence-electron chi connectivity index (χ3n) is 12.8. The van der Waals surface area contributed by atoms with Gasteiger partial charge in [-0.3, -0.25) is 0 Å². The van der Waals surface area contributed by atoms with Gasteiger partial charge in [0.05, 0.1) is 0 Å². The Labute approximate surface area is 344 Å². The number of hydrogen-bond donors (Lipinski definition) is 1. The van der Waals surface area contributed by atoms with Crippen molar-refractivity contribution in [1.82, 2.24) is 0 Å². The lowest BCUT2D eigenvalue weighted by Gasteiger charge is -2.30. The number of nitrogens with zero attached hydrogens (tertiary/aromatic N) is 1. The molecule has 0 rings (SSSR count). The fourth-order valence-corrected chi connectivity index (χ4v) is 8.84. The third-order valence-corrected chi connectivity index (χ3v) is 12.8. The van der Waals surface area contributed by atoms with E-state index in [1.165, 1.54) is 295 Å². The van der Waals surface area contributed by atoms with Gasteiger partial charge in [-0.15, -0.1) is 0 Å². The molecule has 0 saturated heterocycles. The van der Waals surface area contributed by atoms with Gasteiger partial charge in [-0.1, -0.05) is 278 Å². The molecule has 1 N–H and O–H groups in total. The van der Waals surface area contributed by atoms with Crippen LogP contribution in [0.3, 0.4) is 0 Å². The Hall–Kier alpha value is -0.0800. The molecule has 0 aromatic rings. The zero-order valence-corrected chi connectivity index (χ0v) is 38.5. The van der Waals surface area contributed by atoms with E-state index in [4.69, 9.17) is 0 Å². The number of quaternary nitrogens is 1. The first-order chi connectivity index (χ1) is 26.7. The van der Waals surface area contributed by atoms with E-state index in [0.717, 1.165) is 19.6 Å². The van der Waals surface area contributed by atoms with E-state index in [1.807, 2.05) is 0 Å². The standard InChI is InChI=1S/C52H108NO/c1-4-7-10-13-16-19-22-25-28-30-33-36-39-42-45-48-51-53(54,50-47-44-41-38-35-32-27-24-21-18-15-12-9-6-3)52-49-46-43-40-37-34-31-29-26-23-20-17-14-11-8-5-2/h54H,4-52H2,1-3H3/q+1. The van der Waals surface area contributed by atoms with Crippen molar-refractivity contribution in [2.24, 2.45) is 0 Å². The van der Waals surface area contributed by atoms with E-state index in [0.29, 0.717) is 4.65 Å². The topological polar surface area (TPSA) is 20.2 Å². The van der Waals surface area contributed by atoms with Crippen LogP contribution in [0.1, 0.15) is 316 Å². The first-order valence-corrected chi connectivity index (χ1v) is 26.3. The third kappa shape index (κ3) is 44.6. The van der Waals surface area contributed by atoms with Gasteiger partial charge in [0.15, 0.2) is 0 Å². The maximum atomic E-state index is 11.8. The number of hydrogen-bond acceptors (Lipinski definition) is 1. The zero-order valence-electron chi connectivity index (χ0n) is 38.5. The van der Waals surface area contributed by atoms with E-state index in [1.54, 1.807) is 0 Å². The maximum Gasteiger partial charge on any atom is 0.109 e. The number of rotatable bonds is 49. The van der Waals surface area contributed by atoms with Crippen LogP contribution in [0.15, 0.2) is 0 Å². The van der Waals surface area contributed by atoms with E-state index in [2.05, 4.69) is 20.8 Å². The van der Waals surface area contributed by atoms with Gasteiger partial charge < -0.3 is 0 Å². The van der Waals surface area contributed by atoms with Crippen LogP contribution in [0, 0.1) is 0 Å². The Morgan fingerprint density at radius 1 is 0.185 bits per heavy atom. The molecule has 2 nitrogen and oxygen atoms in total. The largest absolute Gasteiger partial charge is 0.217 e. The van der Waals surface area contributed by atoms with Gasteiger partial charge in [-0.25, -0.2) is 5.21 Å². The summed E-state index contributed by atoms with van der Waals surface area (Å²) in [5.74, 6) is 0. The van der Waals surface area contributed by atoms with Crippen molar-refractivity contribution in [2.45, 2.75) is 316 Å². The van der Waals surface area contributed by atoms with E-state index >= 15 is 0 Å². The average Bonchev–Trinajstić information content (AvgIpc) is 3.17. The quantitative estimate of drug-likeness (QED) is 0.0372. The molecule has 0 bridgehead atoms. The van der Waals surface area contributed by atoms with Gasteiger partial charge in [-0.2, -0.15) is 4.65 Å². The van der Waals surface area contributed by atoms with Gasteiger partial charge in [0, 0.05) is 0 Å². The van der Waals surface area contributed by atoms with Crippen molar-refractivity contribution in [3.05, 3.63) is 0 Å². The molecule has 0 atom stereocenters. The van der Waals surface area contributed by atoms with Crippen molar-refractivity contribution >= 4 is 0 Å². The molecule has 0 unspecified atom stereocenters. The summed E-state index contributed by atoms with van der Waals surface area (Å²) < 4.78 is 0.370. The summed E-state index contributed by atoms with van der Waals surface area (Å²) in [5, 5.41) is 11.8. The monoisotopic (exact) mass is 763 g/mol. The molecule has 0 aliphatic heterocycles. The van der Waals surface area contributed by atoms with Crippen LogP contribution >= 0.6 is 0 Å². The van der Waals surface area contributed by atoms with Gasteiger partial charge in [0.1, 0.15) is 19.6 Å². The molecular weight excluding hydrogens is 655 g/mol. The van der Waals surface area contributed by atoms with Crippen LogP contribution in [0.25, 0.3) is 0 Å². The van der Waals surface area contributed by atoms with Crippen LogP contribution in [0.4, 0.5) is 0 Å². The molecule has 0 saturated carbocycles. The van der Waals surface area contributed by atoms with Gasteiger partial charge in [-0.05, 0) is 38.5 Å². The lowest BCUT2D eigenvalue weighted by atomic mass is 10.0. The Kier molecular flexibility index (Phi) is 47.2. The summed E-state index contributed by atoms with van der Waals surface area (Å²) in [4.78, 5) is 0. The van der Waals surface area contributed by atoms with Gasteiger partial charge in [0.25, 0.3) is 0 Å². The smallest absolute Gasteiger partial charge is 0.109 e. The van der Waals surface area contributed by atoms with E-state index in [9.17, 15) is 5.21 Å². The molecule has 0 spiro atoms. The molecule has 0 amide bonds. The molecule has 0 heterocycles. The molecule has 0 fully saturated rings. The molecule has 54 heavy (non-hydrogen) atoms. The Bertz CT molecular complexity index is 612. The summed E-state index contributed by atoms with van der Waals surface area (Å²) in [6.45, 7) is 9.92. The number of hydroxylamine groups is 3.